The molecule has 1 saturated heterocycles. The molecule has 126 valence electrons. The highest BCUT2D eigenvalue weighted by Crippen LogP contribution is 2.31. The van der Waals surface area contributed by atoms with E-state index in [2.05, 4.69) is 41.4 Å². The standard InChI is InChI=1S/C19H23N3O2/c1-3-13-8-14-10-18-15(9-17(14)21-19(13)23-2)12-22-6-5-20-11-16(22)4-7-24-18/h4,8-10,20H,3,5-7,11-12H2,1-2H3/b16-4-. The number of methoxy groups -OCH3 is 1. The topological polar surface area (TPSA) is 46.6 Å². The zero-order chi connectivity index (χ0) is 16.5. The van der Waals surface area contributed by atoms with Crippen LogP contribution in [0.2, 0.25) is 0 Å². The highest BCUT2D eigenvalue weighted by Gasteiger charge is 2.20. The molecule has 4 rings (SSSR count). The van der Waals surface area contributed by atoms with Gasteiger partial charge in [-0.15, -0.1) is 0 Å². The first kappa shape index (κ1) is 15.3. The number of hydrogen-bond acceptors (Lipinski definition) is 5. The van der Waals surface area contributed by atoms with Crippen molar-refractivity contribution in [1.82, 2.24) is 15.2 Å². The van der Waals surface area contributed by atoms with E-state index in [0.29, 0.717) is 6.61 Å². The number of hydrogen-bond donors (Lipinski definition) is 1. The van der Waals surface area contributed by atoms with Crippen molar-refractivity contribution in [3.8, 4) is 11.6 Å². The van der Waals surface area contributed by atoms with Crippen molar-refractivity contribution in [2.24, 2.45) is 0 Å². The van der Waals surface area contributed by atoms with Crippen molar-refractivity contribution < 1.29 is 9.47 Å². The second kappa shape index (κ2) is 6.32. The number of benzene rings is 1. The summed E-state index contributed by atoms with van der Waals surface area (Å²) >= 11 is 0. The summed E-state index contributed by atoms with van der Waals surface area (Å²) in [6.07, 6.45) is 3.08. The molecule has 1 aromatic heterocycles. The van der Waals surface area contributed by atoms with Crippen LogP contribution in [-0.2, 0) is 13.0 Å². The lowest BCUT2D eigenvalue weighted by atomic mass is 10.1. The van der Waals surface area contributed by atoms with Gasteiger partial charge in [0.25, 0.3) is 0 Å². The third kappa shape index (κ3) is 2.69. The SMILES string of the molecule is CCc1cc2cc3c(cc2nc1OC)CN1CCNC/C1=C/CO3. The lowest BCUT2D eigenvalue weighted by Crippen LogP contribution is -2.42. The van der Waals surface area contributed by atoms with Gasteiger partial charge >= 0.3 is 0 Å². The molecule has 0 aliphatic carbocycles. The highest BCUT2D eigenvalue weighted by atomic mass is 16.5. The number of piperazine rings is 1. The fourth-order valence-electron chi connectivity index (χ4n) is 3.46. The maximum absolute atomic E-state index is 6.03. The van der Waals surface area contributed by atoms with Crippen LogP contribution in [0.3, 0.4) is 0 Å². The Morgan fingerprint density at radius 1 is 1.33 bits per heavy atom. The predicted octanol–water partition coefficient (Wildman–Crippen LogP) is 2.49. The van der Waals surface area contributed by atoms with E-state index in [9.17, 15) is 0 Å². The van der Waals surface area contributed by atoms with Gasteiger partial charge in [0.1, 0.15) is 12.4 Å². The number of pyridine rings is 1. The summed E-state index contributed by atoms with van der Waals surface area (Å²) in [4.78, 5) is 7.14. The predicted molar refractivity (Wildman–Crippen MR) is 94.5 cm³/mol. The zero-order valence-corrected chi connectivity index (χ0v) is 14.3. The Morgan fingerprint density at radius 3 is 3.08 bits per heavy atom. The van der Waals surface area contributed by atoms with Crippen molar-refractivity contribution in [3.63, 3.8) is 0 Å². The molecule has 1 aromatic carbocycles. The Hall–Kier alpha value is -2.27. The van der Waals surface area contributed by atoms with Gasteiger partial charge in [-0.25, -0.2) is 4.98 Å². The fourth-order valence-corrected chi connectivity index (χ4v) is 3.46. The van der Waals surface area contributed by atoms with Crippen molar-refractivity contribution in [1.29, 1.82) is 0 Å². The van der Waals surface area contributed by atoms with Crippen LogP contribution in [0.4, 0.5) is 0 Å². The molecule has 2 aromatic rings. The lowest BCUT2D eigenvalue weighted by Gasteiger charge is -2.34. The van der Waals surface area contributed by atoms with Crippen molar-refractivity contribution >= 4 is 10.9 Å². The number of fused-ring (bicyclic) bond motifs is 3. The minimum atomic E-state index is 0.607. The molecule has 0 spiro atoms. The van der Waals surface area contributed by atoms with Crippen molar-refractivity contribution in [2.75, 3.05) is 33.4 Å². The van der Waals surface area contributed by atoms with E-state index in [1.165, 1.54) is 11.3 Å². The summed E-state index contributed by atoms with van der Waals surface area (Å²) in [6.45, 7) is 6.54. The molecule has 2 aliphatic heterocycles. The monoisotopic (exact) mass is 325 g/mol. The molecule has 5 nitrogen and oxygen atoms in total. The van der Waals surface area contributed by atoms with E-state index in [1.54, 1.807) is 7.11 Å². The summed E-state index contributed by atoms with van der Waals surface area (Å²) < 4.78 is 11.5. The molecular weight excluding hydrogens is 302 g/mol. The normalized spacial score (nSPS) is 19.4. The molecule has 0 amide bonds. The molecule has 3 heterocycles. The van der Waals surface area contributed by atoms with Gasteiger partial charge in [-0.3, -0.25) is 0 Å². The molecule has 0 unspecified atom stereocenters. The van der Waals surface area contributed by atoms with Gasteiger partial charge in [-0.05, 0) is 30.7 Å². The Kier molecular flexibility index (Phi) is 4.02. The van der Waals surface area contributed by atoms with Crippen LogP contribution in [0.15, 0.2) is 30.0 Å². The molecule has 24 heavy (non-hydrogen) atoms. The van der Waals surface area contributed by atoms with Crippen molar-refractivity contribution in [3.05, 3.63) is 41.1 Å². The third-order valence-corrected chi connectivity index (χ3v) is 4.80. The summed E-state index contributed by atoms with van der Waals surface area (Å²) in [5, 5.41) is 4.53. The van der Waals surface area contributed by atoms with E-state index in [-0.39, 0.29) is 0 Å². The van der Waals surface area contributed by atoms with Gasteiger partial charge in [-0.2, -0.15) is 0 Å². The van der Waals surface area contributed by atoms with Gasteiger partial charge in [0.15, 0.2) is 0 Å². The van der Waals surface area contributed by atoms with E-state index in [1.807, 2.05) is 0 Å². The minimum absolute atomic E-state index is 0.607. The molecule has 0 saturated carbocycles. The summed E-state index contributed by atoms with van der Waals surface area (Å²) in [7, 11) is 1.68. The highest BCUT2D eigenvalue weighted by molar-refractivity contribution is 5.83. The zero-order valence-electron chi connectivity index (χ0n) is 14.3. The Balaban J connectivity index is 1.78. The van der Waals surface area contributed by atoms with Crippen LogP contribution in [-0.4, -0.2) is 43.2 Å². The van der Waals surface area contributed by atoms with Crippen LogP contribution in [0.5, 0.6) is 11.6 Å². The number of ether oxygens (including phenoxy) is 2. The number of rotatable bonds is 2. The second-order valence-corrected chi connectivity index (χ2v) is 6.27. The molecule has 0 radical (unpaired) electrons. The maximum atomic E-state index is 6.03. The number of nitrogens with one attached hydrogen (secondary N) is 1. The van der Waals surface area contributed by atoms with Gasteiger partial charge in [-0.1, -0.05) is 6.92 Å². The van der Waals surface area contributed by atoms with Crippen LogP contribution in [0.1, 0.15) is 18.1 Å². The average molecular weight is 325 g/mol. The van der Waals surface area contributed by atoms with E-state index in [4.69, 9.17) is 14.5 Å². The lowest BCUT2D eigenvalue weighted by molar-refractivity contribution is 0.267. The maximum Gasteiger partial charge on any atom is 0.216 e. The average Bonchev–Trinajstić information content (AvgIpc) is 2.60. The number of aromatic nitrogens is 1. The Bertz CT molecular complexity index is 801. The van der Waals surface area contributed by atoms with Gasteiger partial charge in [0.05, 0.1) is 12.6 Å². The number of aryl methyl sites for hydroxylation is 1. The molecule has 5 heteroatoms. The Labute approximate surface area is 142 Å². The smallest absolute Gasteiger partial charge is 0.216 e. The first-order chi connectivity index (χ1) is 11.8. The largest absolute Gasteiger partial charge is 0.489 e. The summed E-state index contributed by atoms with van der Waals surface area (Å²) in [6, 6.07) is 6.44. The van der Waals surface area contributed by atoms with Crippen LogP contribution in [0.25, 0.3) is 10.9 Å². The molecule has 1 N–H and O–H groups in total. The Morgan fingerprint density at radius 2 is 2.25 bits per heavy atom. The molecular formula is C19H23N3O2. The number of nitrogens with zero attached hydrogens (tertiary/aromatic N) is 2. The van der Waals surface area contributed by atoms with Gasteiger partial charge in [0, 0.05) is 48.4 Å². The van der Waals surface area contributed by atoms with E-state index >= 15 is 0 Å². The van der Waals surface area contributed by atoms with Gasteiger partial charge < -0.3 is 19.7 Å². The first-order valence-corrected chi connectivity index (χ1v) is 8.56. The summed E-state index contributed by atoms with van der Waals surface area (Å²) in [5.41, 5.74) is 4.60. The van der Waals surface area contributed by atoms with E-state index < -0.39 is 0 Å². The third-order valence-electron chi connectivity index (χ3n) is 4.80. The van der Waals surface area contributed by atoms with Crippen LogP contribution >= 0.6 is 0 Å². The second-order valence-electron chi connectivity index (χ2n) is 6.27. The molecule has 1 fully saturated rings. The quantitative estimate of drug-likeness (QED) is 0.919. The molecule has 0 atom stereocenters. The van der Waals surface area contributed by atoms with Crippen molar-refractivity contribution in [2.45, 2.75) is 19.9 Å². The minimum Gasteiger partial charge on any atom is -0.489 e. The summed E-state index contributed by atoms with van der Waals surface area (Å²) in [5.74, 6) is 1.69. The van der Waals surface area contributed by atoms with Crippen LogP contribution < -0.4 is 14.8 Å². The molecule has 2 aliphatic rings. The first-order valence-electron chi connectivity index (χ1n) is 8.56. The fraction of sp³-hybridized carbons (Fsp3) is 0.421. The molecule has 0 bridgehead atoms. The van der Waals surface area contributed by atoms with E-state index in [0.717, 1.165) is 60.7 Å². The van der Waals surface area contributed by atoms with Crippen LogP contribution in [0, 0.1) is 0 Å². The van der Waals surface area contributed by atoms with Gasteiger partial charge in [0.2, 0.25) is 5.88 Å².